The molecule has 0 spiro atoms. The van der Waals surface area contributed by atoms with Gasteiger partial charge in [-0.2, -0.15) is 13.2 Å². The number of aromatic nitrogens is 1. The summed E-state index contributed by atoms with van der Waals surface area (Å²) < 4.78 is 53.4. The van der Waals surface area contributed by atoms with Crippen molar-refractivity contribution in [3.63, 3.8) is 0 Å². The minimum Gasteiger partial charge on any atom is -0.361 e. The van der Waals surface area contributed by atoms with Crippen molar-refractivity contribution in [2.45, 2.75) is 18.4 Å². The van der Waals surface area contributed by atoms with E-state index in [0.29, 0.717) is 0 Å². The van der Waals surface area contributed by atoms with Gasteiger partial charge in [0.2, 0.25) is 0 Å². The molecule has 126 valence electrons. The molecule has 2 N–H and O–H groups in total. The van der Waals surface area contributed by atoms with Crippen LogP contribution in [0.5, 0.6) is 0 Å². The van der Waals surface area contributed by atoms with Gasteiger partial charge in [-0.3, -0.25) is 9.78 Å². The maximum atomic E-state index is 13.6. The summed E-state index contributed by atoms with van der Waals surface area (Å²) in [5, 5.41) is 4.49. The van der Waals surface area contributed by atoms with Crippen molar-refractivity contribution >= 4 is 5.91 Å². The molecule has 2 atom stereocenters. The molecule has 0 saturated heterocycles. The van der Waals surface area contributed by atoms with Crippen molar-refractivity contribution < 1.29 is 22.4 Å². The average molecular weight is 340 g/mol. The molecule has 1 aromatic rings. The van der Waals surface area contributed by atoms with E-state index in [1.165, 1.54) is 53.8 Å². The highest BCUT2D eigenvalue weighted by atomic mass is 19.4. The molecule has 24 heavy (non-hydrogen) atoms. The molecule has 2 unspecified atom stereocenters. The minimum absolute atomic E-state index is 0.0824. The first-order chi connectivity index (χ1) is 11.4. The first-order valence-electron chi connectivity index (χ1n) is 6.95. The van der Waals surface area contributed by atoms with Gasteiger partial charge in [-0.1, -0.05) is 6.07 Å². The Labute approximate surface area is 134 Å². The number of halogens is 4. The van der Waals surface area contributed by atoms with Gasteiger partial charge < -0.3 is 15.5 Å². The van der Waals surface area contributed by atoms with E-state index in [9.17, 15) is 22.4 Å². The fraction of sp³-hybridized carbons (Fsp3) is 0.200. The second-order valence-corrected chi connectivity index (χ2v) is 5.10. The molecule has 1 amide bonds. The normalized spacial score (nSPS) is 20.7. The smallest absolute Gasteiger partial charge is 0.361 e. The predicted molar refractivity (Wildman–Crippen MR) is 76.4 cm³/mol. The molecule has 0 bridgehead atoms. The lowest BCUT2D eigenvalue weighted by Crippen LogP contribution is -2.51. The van der Waals surface area contributed by atoms with Crippen molar-refractivity contribution in [1.82, 2.24) is 20.5 Å². The molecule has 3 rings (SSSR count). The second-order valence-electron chi connectivity index (χ2n) is 5.10. The summed E-state index contributed by atoms with van der Waals surface area (Å²) >= 11 is 0. The standard InChI is InChI=1S/C15H12F4N4O/c16-9-4-3-7-23-11(9)8-21-13(23)14(24)22-12(15(17,18)19)10-5-1-2-6-20-10/h1-8,12-13,21H,(H,22,24). The van der Waals surface area contributed by atoms with Crippen molar-refractivity contribution in [2.75, 3.05) is 0 Å². The van der Waals surface area contributed by atoms with E-state index in [1.54, 1.807) is 0 Å². The Hall–Kier alpha value is -2.84. The van der Waals surface area contributed by atoms with E-state index in [1.807, 2.05) is 5.32 Å². The summed E-state index contributed by atoms with van der Waals surface area (Å²) in [6.07, 6.45) is 0.509. The van der Waals surface area contributed by atoms with Crippen LogP contribution in [0.3, 0.4) is 0 Å². The van der Waals surface area contributed by atoms with Crippen LogP contribution in [-0.4, -0.2) is 28.1 Å². The monoisotopic (exact) mass is 340 g/mol. The van der Waals surface area contributed by atoms with Gasteiger partial charge in [-0.15, -0.1) is 0 Å². The highest BCUT2D eigenvalue weighted by Crippen LogP contribution is 2.32. The van der Waals surface area contributed by atoms with E-state index < -0.39 is 30.1 Å². The number of alkyl halides is 3. The van der Waals surface area contributed by atoms with Crippen LogP contribution in [0, 0.1) is 0 Å². The van der Waals surface area contributed by atoms with Crippen molar-refractivity contribution in [3.05, 3.63) is 66.2 Å². The van der Waals surface area contributed by atoms with Crippen LogP contribution in [0.1, 0.15) is 11.7 Å². The summed E-state index contributed by atoms with van der Waals surface area (Å²) in [6, 6.07) is 1.79. The van der Waals surface area contributed by atoms with E-state index in [4.69, 9.17) is 0 Å². The molecule has 3 heterocycles. The van der Waals surface area contributed by atoms with E-state index in [0.717, 1.165) is 0 Å². The van der Waals surface area contributed by atoms with Gasteiger partial charge in [0, 0.05) is 18.6 Å². The van der Waals surface area contributed by atoms with Gasteiger partial charge in [-0.05, 0) is 24.3 Å². The lowest BCUT2D eigenvalue weighted by molar-refractivity contribution is -0.165. The molecule has 0 aromatic carbocycles. The van der Waals surface area contributed by atoms with Gasteiger partial charge in [-0.25, -0.2) is 4.39 Å². The number of hydrogen-bond donors (Lipinski definition) is 2. The summed E-state index contributed by atoms with van der Waals surface area (Å²) in [6.45, 7) is 0. The quantitative estimate of drug-likeness (QED) is 0.829. The van der Waals surface area contributed by atoms with Crippen molar-refractivity contribution in [1.29, 1.82) is 0 Å². The zero-order valence-corrected chi connectivity index (χ0v) is 12.1. The maximum Gasteiger partial charge on any atom is 0.414 e. The number of hydrogen-bond acceptors (Lipinski definition) is 4. The van der Waals surface area contributed by atoms with Crippen LogP contribution in [0.2, 0.25) is 0 Å². The third-order valence-electron chi connectivity index (χ3n) is 3.51. The van der Waals surface area contributed by atoms with Crippen LogP contribution in [0.25, 0.3) is 0 Å². The topological polar surface area (TPSA) is 57.3 Å². The molecule has 0 fully saturated rings. The number of nitrogens with one attached hydrogen (secondary N) is 2. The number of amides is 1. The summed E-state index contributed by atoms with van der Waals surface area (Å²) in [5.41, 5.74) is -0.246. The Morgan fingerprint density at radius 1 is 1.38 bits per heavy atom. The van der Waals surface area contributed by atoms with E-state index >= 15 is 0 Å². The molecular weight excluding hydrogens is 328 g/mol. The second kappa shape index (κ2) is 5.99. The third kappa shape index (κ3) is 2.97. The average Bonchev–Trinajstić information content (AvgIpc) is 2.97. The van der Waals surface area contributed by atoms with Gasteiger partial charge in [0.15, 0.2) is 12.2 Å². The largest absolute Gasteiger partial charge is 0.414 e. The van der Waals surface area contributed by atoms with Gasteiger partial charge in [0.05, 0.1) is 11.4 Å². The van der Waals surface area contributed by atoms with Crippen molar-refractivity contribution in [2.24, 2.45) is 0 Å². The van der Waals surface area contributed by atoms with E-state index in [-0.39, 0.29) is 11.4 Å². The molecule has 9 heteroatoms. The Bertz CT molecular complexity index is 727. The number of nitrogens with zero attached hydrogens (tertiary/aromatic N) is 2. The van der Waals surface area contributed by atoms with Crippen LogP contribution in [0.4, 0.5) is 17.6 Å². The number of carbonyl (C=O) groups excluding carboxylic acids is 1. The van der Waals surface area contributed by atoms with Crippen LogP contribution < -0.4 is 10.6 Å². The number of allylic oxidation sites excluding steroid dienone is 3. The van der Waals surface area contributed by atoms with Gasteiger partial charge in [0.25, 0.3) is 5.91 Å². The highest BCUT2D eigenvalue weighted by molar-refractivity contribution is 5.83. The Kier molecular flexibility index (Phi) is 4.00. The molecular formula is C15H12F4N4O. The lowest BCUT2D eigenvalue weighted by atomic mass is 10.1. The number of fused-ring (bicyclic) bond motifs is 1. The van der Waals surface area contributed by atoms with Crippen LogP contribution in [0.15, 0.2) is 60.5 Å². The number of carbonyl (C=O) groups is 1. The summed E-state index contributed by atoms with van der Waals surface area (Å²) in [7, 11) is 0. The zero-order chi connectivity index (χ0) is 17.3. The molecule has 0 saturated carbocycles. The molecule has 0 radical (unpaired) electrons. The van der Waals surface area contributed by atoms with E-state index in [2.05, 4.69) is 10.3 Å². The maximum absolute atomic E-state index is 13.6. The molecule has 2 aliphatic rings. The SMILES string of the molecule is O=C(NC(c1ccccn1)C(F)(F)F)C1NC=C2C(F)=CC=CN21. The fourth-order valence-corrected chi connectivity index (χ4v) is 2.41. The highest BCUT2D eigenvalue weighted by Gasteiger charge is 2.45. The molecule has 5 nitrogen and oxygen atoms in total. The van der Waals surface area contributed by atoms with Gasteiger partial charge in [0.1, 0.15) is 5.83 Å². The minimum atomic E-state index is -4.72. The fourth-order valence-electron chi connectivity index (χ4n) is 2.41. The summed E-state index contributed by atoms with van der Waals surface area (Å²) in [5.74, 6) is -1.54. The Morgan fingerprint density at radius 2 is 2.17 bits per heavy atom. The van der Waals surface area contributed by atoms with Crippen molar-refractivity contribution in [3.8, 4) is 0 Å². The first-order valence-corrected chi connectivity index (χ1v) is 6.95. The number of rotatable bonds is 3. The molecule has 1 aromatic heterocycles. The molecule has 2 aliphatic heterocycles. The van der Waals surface area contributed by atoms with Gasteiger partial charge >= 0.3 is 6.18 Å². The third-order valence-corrected chi connectivity index (χ3v) is 3.51. The number of pyridine rings is 1. The van der Waals surface area contributed by atoms with Crippen LogP contribution >= 0.6 is 0 Å². The van der Waals surface area contributed by atoms with Crippen LogP contribution in [-0.2, 0) is 4.79 Å². The summed E-state index contributed by atoms with van der Waals surface area (Å²) in [4.78, 5) is 17.2. The lowest BCUT2D eigenvalue weighted by Gasteiger charge is -2.28. The first kappa shape index (κ1) is 16.0. The predicted octanol–water partition coefficient (Wildman–Crippen LogP) is 2.25. The molecule has 0 aliphatic carbocycles. The zero-order valence-electron chi connectivity index (χ0n) is 12.1. The Balaban J connectivity index is 1.78. The Morgan fingerprint density at radius 3 is 2.83 bits per heavy atom.